The maximum Gasteiger partial charge on any atom is 0.0963 e. The zero-order chi connectivity index (χ0) is 16.0. The van der Waals surface area contributed by atoms with Crippen LogP contribution in [0, 0.1) is 10.8 Å². The van der Waals surface area contributed by atoms with E-state index in [1.165, 1.54) is 5.56 Å². The molecule has 0 radical (unpaired) electrons. The lowest BCUT2D eigenvalue weighted by molar-refractivity contribution is 0.251. The molecule has 0 saturated carbocycles. The molecule has 1 aromatic carbocycles. The van der Waals surface area contributed by atoms with Crippen molar-refractivity contribution in [3.8, 4) is 0 Å². The Balaban J connectivity index is 2.40. The molecule has 118 valence electrons. The van der Waals surface area contributed by atoms with E-state index in [0.29, 0.717) is 6.04 Å². The summed E-state index contributed by atoms with van der Waals surface area (Å²) in [6.07, 6.45) is 3.15. The van der Waals surface area contributed by atoms with Crippen LogP contribution in [0.1, 0.15) is 51.6 Å². The highest BCUT2D eigenvalue weighted by Gasteiger charge is 2.21. The number of hydrogen-bond acceptors (Lipinski definition) is 2. The molecule has 0 aliphatic heterocycles. The predicted octanol–water partition coefficient (Wildman–Crippen LogP) is 4.47. The van der Waals surface area contributed by atoms with Crippen LogP contribution in [0.5, 0.6) is 0 Å². The Morgan fingerprint density at radius 3 is 2.62 bits per heavy atom. The summed E-state index contributed by atoms with van der Waals surface area (Å²) >= 11 is 6.05. The summed E-state index contributed by atoms with van der Waals surface area (Å²) in [4.78, 5) is 2.34. The molecule has 0 bridgehead atoms. The van der Waals surface area contributed by atoms with Crippen molar-refractivity contribution in [2.75, 3.05) is 13.6 Å². The molecular formula is C17H28ClN3. The van der Waals surface area contributed by atoms with Gasteiger partial charge in [0.05, 0.1) is 5.84 Å². The van der Waals surface area contributed by atoms with Crippen molar-refractivity contribution in [1.29, 1.82) is 5.41 Å². The van der Waals surface area contributed by atoms with Crippen LogP contribution in [0.15, 0.2) is 24.3 Å². The second-order valence-corrected chi connectivity index (χ2v) is 6.90. The van der Waals surface area contributed by atoms with E-state index in [0.717, 1.165) is 30.8 Å². The summed E-state index contributed by atoms with van der Waals surface area (Å²) in [5.41, 5.74) is 6.67. The number of halogens is 1. The zero-order valence-corrected chi connectivity index (χ0v) is 14.4. The first-order chi connectivity index (χ1) is 9.74. The lowest BCUT2D eigenvalue weighted by Gasteiger charge is -2.26. The molecular weight excluding hydrogens is 282 g/mol. The minimum absolute atomic E-state index is 0.183. The van der Waals surface area contributed by atoms with E-state index in [1.807, 2.05) is 32.0 Å². The predicted molar refractivity (Wildman–Crippen MR) is 92.0 cm³/mol. The van der Waals surface area contributed by atoms with E-state index in [-0.39, 0.29) is 11.3 Å². The van der Waals surface area contributed by atoms with Crippen LogP contribution in [0.3, 0.4) is 0 Å². The highest BCUT2D eigenvalue weighted by molar-refractivity contribution is 6.30. The Morgan fingerprint density at radius 1 is 1.38 bits per heavy atom. The smallest absolute Gasteiger partial charge is 0.0963 e. The summed E-state index contributed by atoms with van der Waals surface area (Å²) in [6, 6.07) is 8.40. The van der Waals surface area contributed by atoms with Gasteiger partial charge in [-0.1, -0.05) is 44.0 Å². The van der Waals surface area contributed by atoms with Crippen molar-refractivity contribution >= 4 is 17.4 Å². The van der Waals surface area contributed by atoms with E-state index < -0.39 is 0 Å². The van der Waals surface area contributed by atoms with Crippen molar-refractivity contribution < 1.29 is 0 Å². The Bertz CT molecular complexity index is 471. The number of benzene rings is 1. The van der Waals surface area contributed by atoms with Gasteiger partial charge in [-0.25, -0.2) is 0 Å². The molecule has 4 heteroatoms. The monoisotopic (exact) mass is 309 g/mol. The quantitative estimate of drug-likeness (QED) is 0.423. The van der Waals surface area contributed by atoms with Gasteiger partial charge in [-0.3, -0.25) is 10.3 Å². The molecule has 0 heterocycles. The van der Waals surface area contributed by atoms with Gasteiger partial charge in [0.25, 0.3) is 0 Å². The number of nitrogens with zero attached hydrogens (tertiary/aromatic N) is 1. The van der Waals surface area contributed by atoms with Gasteiger partial charge >= 0.3 is 0 Å². The van der Waals surface area contributed by atoms with Gasteiger partial charge in [-0.15, -0.1) is 0 Å². The van der Waals surface area contributed by atoms with Crippen molar-refractivity contribution in [3.05, 3.63) is 34.9 Å². The van der Waals surface area contributed by atoms with Gasteiger partial charge in [-0.2, -0.15) is 0 Å². The fourth-order valence-electron chi connectivity index (χ4n) is 2.28. The zero-order valence-electron chi connectivity index (χ0n) is 13.6. The number of unbranched alkanes of at least 4 members (excludes halogenated alkanes) is 1. The average Bonchev–Trinajstić information content (AvgIpc) is 2.42. The number of nitrogens with one attached hydrogen (secondary N) is 1. The van der Waals surface area contributed by atoms with Gasteiger partial charge in [0.2, 0.25) is 0 Å². The van der Waals surface area contributed by atoms with E-state index in [2.05, 4.69) is 24.9 Å². The van der Waals surface area contributed by atoms with E-state index in [1.54, 1.807) is 0 Å². The fraction of sp³-hybridized carbons (Fsp3) is 0.588. The van der Waals surface area contributed by atoms with Crippen molar-refractivity contribution in [3.63, 3.8) is 0 Å². The van der Waals surface area contributed by atoms with Gasteiger partial charge < -0.3 is 5.73 Å². The fourth-order valence-corrected chi connectivity index (χ4v) is 2.48. The van der Waals surface area contributed by atoms with Crippen LogP contribution in [-0.4, -0.2) is 24.3 Å². The second-order valence-electron chi connectivity index (χ2n) is 6.47. The molecule has 0 spiro atoms. The topological polar surface area (TPSA) is 53.1 Å². The third kappa shape index (κ3) is 5.68. The van der Waals surface area contributed by atoms with Crippen LogP contribution in [0.25, 0.3) is 0 Å². The van der Waals surface area contributed by atoms with Gasteiger partial charge in [0, 0.05) is 16.5 Å². The van der Waals surface area contributed by atoms with E-state index in [9.17, 15) is 0 Å². The maximum atomic E-state index is 7.57. The number of amidine groups is 1. The molecule has 3 nitrogen and oxygen atoms in total. The van der Waals surface area contributed by atoms with Gasteiger partial charge in [-0.05, 0) is 51.1 Å². The van der Waals surface area contributed by atoms with Gasteiger partial charge in [0.15, 0.2) is 0 Å². The third-order valence-corrected chi connectivity index (χ3v) is 4.52. The normalized spacial score (nSPS) is 13.4. The summed E-state index contributed by atoms with van der Waals surface area (Å²) in [5.74, 6) is 0.281. The molecule has 3 N–H and O–H groups in total. The van der Waals surface area contributed by atoms with E-state index in [4.69, 9.17) is 22.7 Å². The Kier molecular flexibility index (Phi) is 6.69. The molecule has 21 heavy (non-hydrogen) atoms. The molecule has 0 aliphatic carbocycles. The third-order valence-electron chi connectivity index (χ3n) is 4.28. The summed E-state index contributed by atoms with van der Waals surface area (Å²) in [6.45, 7) is 7.30. The summed E-state index contributed by atoms with van der Waals surface area (Å²) < 4.78 is 0. The van der Waals surface area contributed by atoms with Crippen LogP contribution >= 0.6 is 11.6 Å². The molecule has 1 unspecified atom stereocenters. The number of rotatable bonds is 8. The molecule has 1 atom stereocenters. The Morgan fingerprint density at radius 2 is 2.05 bits per heavy atom. The molecule has 0 saturated heterocycles. The minimum Gasteiger partial charge on any atom is -0.387 e. The standard InChI is InChI=1S/C17H28ClN3/c1-13(14-8-7-9-15(18)12-14)21(4)11-6-5-10-17(2,3)16(19)20/h7-9,12-13H,5-6,10-11H2,1-4H3,(H3,19,20). The number of hydrogen-bond donors (Lipinski definition) is 2. The Labute approximate surface area is 134 Å². The molecule has 1 rings (SSSR count). The molecule has 0 aliphatic rings. The van der Waals surface area contributed by atoms with Gasteiger partial charge in [0.1, 0.15) is 0 Å². The summed E-state index contributed by atoms with van der Waals surface area (Å²) in [5, 5.41) is 8.36. The largest absolute Gasteiger partial charge is 0.387 e. The van der Waals surface area contributed by atoms with Crippen LogP contribution in [0.2, 0.25) is 5.02 Å². The van der Waals surface area contributed by atoms with Crippen molar-refractivity contribution in [1.82, 2.24) is 4.90 Å². The van der Waals surface area contributed by atoms with Crippen LogP contribution in [-0.2, 0) is 0 Å². The maximum absolute atomic E-state index is 7.57. The average molecular weight is 310 g/mol. The number of nitrogens with two attached hydrogens (primary N) is 1. The Hall–Kier alpha value is -1.06. The van der Waals surface area contributed by atoms with Crippen molar-refractivity contribution in [2.24, 2.45) is 11.1 Å². The van der Waals surface area contributed by atoms with E-state index >= 15 is 0 Å². The molecule has 0 aromatic heterocycles. The second kappa shape index (κ2) is 7.81. The lowest BCUT2D eigenvalue weighted by atomic mass is 9.86. The van der Waals surface area contributed by atoms with Crippen LogP contribution < -0.4 is 5.73 Å². The van der Waals surface area contributed by atoms with Crippen LogP contribution in [0.4, 0.5) is 0 Å². The molecule has 0 fully saturated rings. The lowest BCUT2D eigenvalue weighted by Crippen LogP contribution is -2.31. The molecule has 0 amide bonds. The van der Waals surface area contributed by atoms with Crippen molar-refractivity contribution in [2.45, 2.75) is 46.1 Å². The minimum atomic E-state index is -0.183. The summed E-state index contributed by atoms with van der Waals surface area (Å²) in [7, 11) is 2.14. The highest BCUT2D eigenvalue weighted by Crippen LogP contribution is 2.25. The highest BCUT2D eigenvalue weighted by atomic mass is 35.5. The first-order valence-corrected chi connectivity index (χ1v) is 7.92. The first-order valence-electron chi connectivity index (χ1n) is 7.54. The first kappa shape index (κ1) is 18.0. The molecule has 1 aromatic rings. The SMILES string of the molecule is CC(c1cccc(Cl)c1)N(C)CCCCC(C)(C)C(=N)N.